The average Bonchev–Trinajstić information content (AvgIpc) is 3.36. The van der Waals surface area contributed by atoms with Crippen molar-refractivity contribution >= 4 is 29.9 Å². The summed E-state index contributed by atoms with van der Waals surface area (Å²) in [6.07, 6.45) is 4.71. The minimum atomic E-state index is 0. The van der Waals surface area contributed by atoms with Crippen molar-refractivity contribution in [3.63, 3.8) is 0 Å². The highest BCUT2D eigenvalue weighted by Gasteiger charge is 2.20. The Labute approximate surface area is 157 Å². The molecule has 0 amide bonds. The molecule has 0 aromatic heterocycles. The highest BCUT2D eigenvalue weighted by atomic mass is 127. The van der Waals surface area contributed by atoms with Gasteiger partial charge in [-0.2, -0.15) is 0 Å². The fraction of sp³-hybridized carbons (Fsp3) is 0.611. The molecule has 0 aliphatic heterocycles. The maximum absolute atomic E-state index is 5.63. The van der Waals surface area contributed by atoms with Crippen LogP contribution in [0.5, 0.6) is 0 Å². The van der Waals surface area contributed by atoms with E-state index in [1.54, 1.807) is 0 Å². The summed E-state index contributed by atoms with van der Waals surface area (Å²) in [5.74, 6) is 1.75. The molecule has 130 valence electrons. The van der Waals surface area contributed by atoms with E-state index < -0.39 is 0 Å². The Bertz CT molecular complexity index is 435. The number of benzene rings is 1. The number of hydrogen-bond donors (Lipinski definition) is 2. The summed E-state index contributed by atoms with van der Waals surface area (Å²) >= 11 is 0. The van der Waals surface area contributed by atoms with Gasteiger partial charge in [0.2, 0.25) is 0 Å². The second-order valence-electron chi connectivity index (χ2n) is 5.79. The van der Waals surface area contributed by atoms with Crippen LogP contribution in [0.25, 0.3) is 0 Å². The van der Waals surface area contributed by atoms with Crippen molar-refractivity contribution < 1.29 is 4.74 Å². The summed E-state index contributed by atoms with van der Waals surface area (Å²) in [5, 5.41) is 6.67. The Morgan fingerprint density at radius 2 is 2.00 bits per heavy atom. The van der Waals surface area contributed by atoms with Crippen LogP contribution in [0, 0.1) is 5.92 Å². The van der Waals surface area contributed by atoms with Gasteiger partial charge in [0.15, 0.2) is 5.96 Å². The van der Waals surface area contributed by atoms with E-state index in [0.29, 0.717) is 0 Å². The lowest BCUT2D eigenvalue weighted by molar-refractivity contribution is 0.123. The zero-order chi connectivity index (χ0) is 15.5. The SMILES string of the molecule is CCNC(=NCCCOCC1CC1)NCCc1ccccc1.I. The number of halogens is 1. The largest absolute Gasteiger partial charge is 0.381 e. The molecule has 0 heterocycles. The van der Waals surface area contributed by atoms with Gasteiger partial charge in [0, 0.05) is 32.8 Å². The lowest BCUT2D eigenvalue weighted by atomic mass is 10.1. The Hall–Kier alpha value is -0.820. The molecule has 1 aromatic rings. The first-order valence-corrected chi connectivity index (χ1v) is 8.52. The molecule has 23 heavy (non-hydrogen) atoms. The van der Waals surface area contributed by atoms with E-state index in [4.69, 9.17) is 4.74 Å². The molecular weight excluding hydrogens is 401 g/mol. The van der Waals surface area contributed by atoms with Crippen LogP contribution in [0.2, 0.25) is 0 Å². The van der Waals surface area contributed by atoms with Crippen molar-refractivity contribution in [2.75, 3.05) is 32.8 Å². The molecule has 1 aliphatic rings. The first-order chi connectivity index (χ1) is 10.9. The second-order valence-corrected chi connectivity index (χ2v) is 5.79. The number of nitrogens with one attached hydrogen (secondary N) is 2. The van der Waals surface area contributed by atoms with Gasteiger partial charge in [-0.05, 0) is 44.1 Å². The zero-order valence-electron chi connectivity index (χ0n) is 14.1. The number of hydrogen-bond acceptors (Lipinski definition) is 2. The van der Waals surface area contributed by atoms with Crippen molar-refractivity contribution in [2.24, 2.45) is 10.9 Å². The smallest absolute Gasteiger partial charge is 0.191 e. The lowest BCUT2D eigenvalue weighted by Gasteiger charge is -2.11. The van der Waals surface area contributed by atoms with E-state index in [1.165, 1.54) is 18.4 Å². The van der Waals surface area contributed by atoms with Gasteiger partial charge in [-0.3, -0.25) is 4.99 Å². The normalized spacial score (nSPS) is 14.2. The van der Waals surface area contributed by atoms with Crippen LogP contribution in [-0.4, -0.2) is 38.8 Å². The molecule has 0 spiro atoms. The highest BCUT2D eigenvalue weighted by molar-refractivity contribution is 14.0. The number of rotatable bonds is 10. The summed E-state index contributed by atoms with van der Waals surface area (Å²) in [6.45, 7) is 6.45. The van der Waals surface area contributed by atoms with Crippen molar-refractivity contribution in [3.8, 4) is 0 Å². The standard InChI is InChI=1S/C18H29N3O.HI/c1-2-19-18(20-12-6-14-22-15-17-9-10-17)21-13-11-16-7-4-3-5-8-16;/h3-5,7-8,17H,2,6,9-15H2,1H3,(H2,19,20,21);1H. The predicted molar refractivity (Wildman–Crippen MR) is 108 cm³/mol. The predicted octanol–water partition coefficient (Wildman–Crippen LogP) is 3.22. The van der Waals surface area contributed by atoms with Crippen LogP contribution in [0.1, 0.15) is 31.7 Å². The van der Waals surface area contributed by atoms with E-state index in [-0.39, 0.29) is 24.0 Å². The maximum Gasteiger partial charge on any atom is 0.191 e. The number of guanidine groups is 1. The minimum Gasteiger partial charge on any atom is -0.381 e. The average molecular weight is 431 g/mol. The van der Waals surface area contributed by atoms with Gasteiger partial charge in [-0.1, -0.05) is 30.3 Å². The van der Waals surface area contributed by atoms with Gasteiger partial charge < -0.3 is 15.4 Å². The third-order valence-corrected chi connectivity index (χ3v) is 3.66. The van der Waals surface area contributed by atoms with E-state index in [9.17, 15) is 0 Å². The Morgan fingerprint density at radius 1 is 1.22 bits per heavy atom. The zero-order valence-corrected chi connectivity index (χ0v) is 16.4. The van der Waals surface area contributed by atoms with E-state index in [2.05, 4.69) is 46.8 Å². The lowest BCUT2D eigenvalue weighted by Crippen LogP contribution is -2.38. The summed E-state index contributed by atoms with van der Waals surface area (Å²) in [4.78, 5) is 4.59. The molecule has 4 nitrogen and oxygen atoms in total. The number of aliphatic imine (C=N–C) groups is 1. The van der Waals surface area contributed by atoms with Crippen LogP contribution in [-0.2, 0) is 11.2 Å². The molecule has 0 radical (unpaired) electrons. The summed E-state index contributed by atoms with van der Waals surface area (Å²) in [6, 6.07) is 10.5. The molecule has 1 aliphatic carbocycles. The molecule has 0 saturated heterocycles. The van der Waals surface area contributed by atoms with E-state index in [0.717, 1.165) is 57.6 Å². The van der Waals surface area contributed by atoms with E-state index >= 15 is 0 Å². The van der Waals surface area contributed by atoms with Crippen LogP contribution in [0.15, 0.2) is 35.3 Å². The molecule has 1 fully saturated rings. The highest BCUT2D eigenvalue weighted by Crippen LogP contribution is 2.28. The maximum atomic E-state index is 5.63. The van der Waals surface area contributed by atoms with Crippen LogP contribution >= 0.6 is 24.0 Å². The fourth-order valence-electron chi connectivity index (χ4n) is 2.20. The monoisotopic (exact) mass is 431 g/mol. The van der Waals surface area contributed by atoms with Gasteiger partial charge in [0.05, 0.1) is 0 Å². The second kappa shape index (κ2) is 12.6. The molecule has 5 heteroatoms. The van der Waals surface area contributed by atoms with Crippen molar-refractivity contribution in [1.29, 1.82) is 0 Å². The van der Waals surface area contributed by atoms with Crippen LogP contribution < -0.4 is 10.6 Å². The van der Waals surface area contributed by atoms with Gasteiger partial charge in [-0.15, -0.1) is 24.0 Å². The van der Waals surface area contributed by atoms with Crippen molar-refractivity contribution in [3.05, 3.63) is 35.9 Å². The molecule has 2 rings (SSSR count). The fourth-order valence-corrected chi connectivity index (χ4v) is 2.20. The molecule has 1 saturated carbocycles. The van der Waals surface area contributed by atoms with Crippen LogP contribution in [0.4, 0.5) is 0 Å². The van der Waals surface area contributed by atoms with Gasteiger partial charge in [0.25, 0.3) is 0 Å². The third-order valence-electron chi connectivity index (χ3n) is 3.66. The van der Waals surface area contributed by atoms with Crippen molar-refractivity contribution in [2.45, 2.75) is 32.6 Å². The first-order valence-electron chi connectivity index (χ1n) is 8.52. The third kappa shape index (κ3) is 9.81. The first kappa shape index (κ1) is 20.2. The van der Waals surface area contributed by atoms with Gasteiger partial charge in [-0.25, -0.2) is 0 Å². The topological polar surface area (TPSA) is 45.7 Å². The number of ether oxygens (including phenoxy) is 1. The molecular formula is C18H30IN3O. The quantitative estimate of drug-likeness (QED) is 0.259. The van der Waals surface area contributed by atoms with Gasteiger partial charge >= 0.3 is 0 Å². The summed E-state index contributed by atoms with van der Waals surface area (Å²) in [5.41, 5.74) is 1.35. The molecule has 0 bridgehead atoms. The van der Waals surface area contributed by atoms with Gasteiger partial charge in [0.1, 0.15) is 0 Å². The molecule has 0 atom stereocenters. The van der Waals surface area contributed by atoms with Crippen LogP contribution in [0.3, 0.4) is 0 Å². The minimum absolute atomic E-state index is 0. The summed E-state index contributed by atoms with van der Waals surface area (Å²) < 4.78 is 5.63. The Balaban J connectivity index is 0.00000264. The molecule has 1 aromatic carbocycles. The summed E-state index contributed by atoms with van der Waals surface area (Å²) in [7, 11) is 0. The Kier molecular flexibility index (Phi) is 11.1. The van der Waals surface area contributed by atoms with E-state index in [1.807, 2.05) is 6.07 Å². The molecule has 0 unspecified atom stereocenters. The molecule has 2 N–H and O–H groups in total. The number of nitrogens with zero attached hydrogens (tertiary/aromatic N) is 1. The Morgan fingerprint density at radius 3 is 2.70 bits per heavy atom. The van der Waals surface area contributed by atoms with Crippen molar-refractivity contribution in [1.82, 2.24) is 10.6 Å².